The summed E-state index contributed by atoms with van der Waals surface area (Å²) < 4.78 is 19.1. The van der Waals surface area contributed by atoms with Crippen molar-refractivity contribution in [3.63, 3.8) is 0 Å². The standard InChI is InChI=1S/C22H26ClFN2O3/c1-3-4-13-25-22(28)16(2)26(14-17-9-5-6-10-18(17)23)21(27)15-29-20-12-8-7-11-19(20)24/h5-12,16H,3-4,13-15H2,1-2H3,(H,25,28)/t16-/m1/s1. The summed E-state index contributed by atoms with van der Waals surface area (Å²) in [7, 11) is 0. The Morgan fingerprint density at radius 2 is 1.86 bits per heavy atom. The molecule has 1 atom stereocenters. The summed E-state index contributed by atoms with van der Waals surface area (Å²) >= 11 is 6.23. The van der Waals surface area contributed by atoms with E-state index in [1.54, 1.807) is 31.2 Å². The quantitative estimate of drug-likeness (QED) is 0.586. The first-order chi connectivity index (χ1) is 13.9. The number of carbonyl (C=O) groups excluding carboxylic acids is 2. The van der Waals surface area contributed by atoms with E-state index in [2.05, 4.69) is 5.32 Å². The van der Waals surface area contributed by atoms with Crippen LogP contribution < -0.4 is 10.1 Å². The average molecular weight is 421 g/mol. The van der Waals surface area contributed by atoms with E-state index in [0.29, 0.717) is 17.1 Å². The largest absolute Gasteiger partial charge is 0.481 e. The highest BCUT2D eigenvalue weighted by atomic mass is 35.5. The lowest BCUT2D eigenvalue weighted by atomic mass is 10.1. The number of halogens is 2. The van der Waals surface area contributed by atoms with Crippen LogP contribution in [0.25, 0.3) is 0 Å². The Bertz CT molecular complexity index is 831. The molecule has 0 aliphatic rings. The molecular formula is C22H26ClFN2O3. The van der Waals surface area contributed by atoms with Gasteiger partial charge >= 0.3 is 0 Å². The molecule has 0 spiro atoms. The predicted molar refractivity (Wildman–Crippen MR) is 111 cm³/mol. The van der Waals surface area contributed by atoms with Crippen LogP contribution >= 0.6 is 11.6 Å². The number of unbranched alkanes of at least 4 members (excludes halogenated alkanes) is 1. The van der Waals surface area contributed by atoms with Crippen LogP contribution in [0.1, 0.15) is 32.3 Å². The van der Waals surface area contributed by atoms with Crippen LogP contribution in [0.2, 0.25) is 5.02 Å². The molecule has 0 saturated carbocycles. The molecule has 0 fully saturated rings. The third kappa shape index (κ3) is 6.75. The average Bonchev–Trinajstić information content (AvgIpc) is 2.72. The van der Waals surface area contributed by atoms with Crippen LogP contribution in [0.3, 0.4) is 0 Å². The lowest BCUT2D eigenvalue weighted by Gasteiger charge is -2.29. The molecule has 0 saturated heterocycles. The Kier molecular flexibility index (Phi) is 8.93. The summed E-state index contributed by atoms with van der Waals surface area (Å²) in [5.74, 6) is -1.27. The molecule has 2 rings (SSSR count). The molecule has 0 bridgehead atoms. The first-order valence-electron chi connectivity index (χ1n) is 9.62. The summed E-state index contributed by atoms with van der Waals surface area (Å²) in [6, 6.07) is 12.2. The molecule has 0 heterocycles. The molecule has 0 aliphatic carbocycles. The number of nitrogens with zero attached hydrogens (tertiary/aromatic N) is 1. The fraction of sp³-hybridized carbons (Fsp3) is 0.364. The highest BCUT2D eigenvalue weighted by Crippen LogP contribution is 2.20. The van der Waals surface area contributed by atoms with Crippen molar-refractivity contribution in [1.29, 1.82) is 0 Å². The molecule has 1 N–H and O–H groups in total. The number of hydrogen-bond donors (Lipinski definition) is 1. The first kappa shape index (κ1) is 22.7. The van der Waals surface area contributed by atoms with Crippen LogP contribution in [-0.4, -0.2) is 35.9 Å². The van der Waals surface area contributed by atoms with Crippen molar-refractivity contribution < 1.29 is 18.7 Å². The van der Waals surface area contributed by atoms with Crippen LogP contribution in [0.4, 0.5) is 4.39 Å². The van der Waals surface area contributed by atoms with E-state index in [9.17, 15) is 14.0 Å². The second-order valence-corrected chi connectivity index (χ2v) is 7.06. The molecule has 0 unspecified atom stereocenters. The summed E-state index contributed by atoms with van der Waals surface area (Å²) in [4.78, 5) is 26.8. The van der Waals surface area contributed by atoms with Crippen molar-refractivity contribution in [1.82, 2.24) is 10.2 Å². The predicted octanol–water partition coefficient (Wildman–Crippen LogP) is 4.19. The Balaban J connectivity index is 2.14. The van der Waals surface area contributed by atoms with E-state index in [0.717, 1.165) is 12.8 Å². The second-order valence-electron chi connectivity index (χ2n) is 6.65. The number of amides is 2. The lowest BCUT2D eigenvalue weighted by molar-refractivity contribution is -0.142. The zero-order valence-electron chi connectivity index (χ0n) is 16.7. The third-order valence-electron chi connectivity index (χ3n) is 4.48. The monoisotopic (exact) mass is 420 g/mol. The fourth-order valence-electron chi connectivity index (χ4n) is 2.71. The first-order valence-corrected chi connectivity index (χ1v) is 9.99. The number of ether oxygens (including phenoxy) is 1. The van der Waals surface area contributed by atoms with Crippen molar-refractivity contribution >= 4 is 23.4 Å². The molecule has 5 nitrogen and oxygen atoms in total. The Morgan fingerprint density at radius 1 is 1.17 bits per heavy atom. The van der Waals surface area contributed by atoms with Gasteiger partial charge in [0.05, 0.1) is 0 Å². The van der Waals surface area contributed by atoms with E-state index in [1.807, 2.05) is 13.0 Å². The van der Waals surface area contributed by atoms with Gasteiger partial charge < -0.3 is 15.0 Å². The molecule has 7 heteroatoms. The van der Waals surface area contributed by atoms with Crippen molar-refractivity contribution in [3.05, 3.63) is 64.9 Å². The summed E-state index contributed by atoms with van der Waals surface area (Å²) in [5, 5.41) is 3.33. The van der Waals surface area contributed by atoms with Gasteiger partial charge in [-0.05, 0) is 37.1 Å². The van der Waals surface area contributed by atoms with Gasteiger partial charge in [-0.2, -0.15) is 0 Å². The minimum atomic E-state index is -0.736. The summed E-state index contributed by atoms with van der Waals surface area (Å²) in [5.41, 5.74) is 0.710. The zero-order valence-corrected chi connectivity index (χ0v) is 17.4. The minimum absolute atomic E-state index is 0.0152. The number of benzene rings is 2. The molecular weight excluding hydrogens is 395 g/mol. The molecule has 0 radical (unpaired) electrons. The maximum atomic E-state index is 13.8. The van der Waals surface area contributed by atoms with E-state index < -0.39 is 24.4 Å². The van der Waals surface area contributed by atoms with Gasteiger partial charge in [-0.3, -0.25) is 9.59 Å². The van der Waals surface area contributed by atoms with Crippen LogP contribution in [0, 0.1) is 5.82 Å². The number of para-hydroxylation sites is 1. The highest BCUT2D eigenvalue weighted by molar-refractivity contribution is 6.31. The highest BCUT2D eigenvalue weighted by Gasteiger charge is 2.27. The Morgan fingerprint density at radius 3 is 2.55 bits per heavy atom. The molecule has 29 heavy (non-hydrogen) atoms. The van der Waals surface area contributed by atoms with Gasteiger partial charge in [0.1, 0.15) is 6.04 Å². The molecule has 156 valence electrons. The molecule has 0 aromatic heterocycles. The van der Waals surface area contributed by atoms with Gasteiger partial charge in [0, 0.05) is 18.1 Å². The van der Waals surface area contributed by atoms with Crippen LogP contribution in [-0.2, 0) is 16.1 Å². The Labute approximate surface area is 175 Å². The summed E-state index contributed by atoms with van der Waals surface area (Å²) in [6.45, 7) is 3.97. The van der Waals surface area contributed by atoms with Gasteiger partial charge in [-0.1, -0.05) is 55.3 Å². The van der Waals surface area contributed by atoms with Gasteiger partial charge in [0.15, 0.2) is 18.2 Å². The van der Waals surface area contributed by atoms with E-state index >= 15 is 0 Å². The third-order valence-corrected chi connectivity index (χ3v) is 4.85. The van der Waals surface area contributed by atoms with Gasteiger partial charge in [0.2, 0.25) is 5.91 Å². The van der Waals surface area contributed by atoms with E-state index in [4.69, 9.17) is 16.3 Å². The maximum absolute atomic E-state index is 13.8. The normalized spacial score (nSPS) is 11.6. The number of rotatable bonds is 10. The second kappa shape index (κ2) is 11.4. The molecule has 2 amide bonds. The van der Waals surface area contributed by atoms with Crippen LogP contribution in [0.15, 0.2) is 48.5 Å². The molecule has 2 aromatic carbocycles. The van der Waals surface area contributed by atoms with E-state index in [-0.39, 0.29) is 18.2 Å². The molecule has 2 aromatic rings. The SMILES string of the molecule is CCCCNC(=O)[C@@H](C)N(Cc1ccccc1Cl)C(=O)COc1ccccc1F. The minimum Gasteiger partial charge on any atom is -0.481 e. The van der Waals surface area contributed by atoms with Crippen molar-refractivity contribution in [2.24, 2.45) is 0 Å². The van der Waals surface area contributed by atoms with Crippen LogP contribution in [0.5, 0.6) is 5.75 Å². The summed E-state index contributed by atoms with van der Waals surface area (Å²) in [6.07, 6.45) is 1.81. The molecule has 0 aliphatic heterocycles. The van der Waals surface area contributed by atoms with Crippen molar-refractivity contribution in [2.75, 3.05) is 13.2 Å². The zero-order chi connectivity index (χ0) is 21.2. The number of carbonyl (C=O) groups is 2. The smallest absolute Gasteiger partial charge is 0.261 e. The van der Waals surface area contributed by atoms with Gasteiger partial charge in [-0.15, -0.1) is 0 Å². The fourth-order valence-corrected chi connectivity index (χ4v) is 2.91. The van der Waals surface area contributed by atoms with Gasteiger partial charge in [-0.25, -0.2) is 4.39 Å². The number of nitrogens with one attached hydrogen (secondary N) is 1. The van der Waals surface area contributed by atoms with Crippen molar-refractivity contribution in [3.8, 4) is 5.75 Å². The lowest BCUT2D eigenvalue weighted by Crippen LogP contribution is -2.49. The van der Waals surface area contributed by atoms with Crippen molar-refractivity contribution in [2.45, 2.75) is 39.3 Å². The Hall–Kier alpha value is -2.60. The topological polar surface area (TPSA) is 58.6 Å². The maximum Gasteiger partial charge on any atom is 0.261 e. The van der Waals surface area contributed by atoms with E-state index in [1.165, 1.54) is 23.1 Å². The van der Waals surface area contributed by atoms with Gasteiger partial charge in [0.25, 0.3) is 5.91 Å². The number of hydrogen-bond acceptors (Lipinski definition) is 3.